The Morgan fingerprint density at radius 3 is 1.95 bits per heavy atom. The van der Waals surface area contributed by atoms with Gasteiger partial charge in [0.2, 0.25) is 5.91 Å². The number of nitrogens with two attached hydrogens (primary N) is 1. The standard InChI is InChI=1S/C11H9F6NO/c1-2-5-6(9(18)19)3-4-7(10(12,13)14)8(5)11(15,16)17/h3-4H,2H2,1H3,(H2,18,19). The Kier molecular flexibility index (Phi) is 3.83. The van der Waals surface area contributed by atoms with Crippen molar-refractivity contribution in [1.82, 2.24) is 0 Å². The predicted molar refractivity (Wildman–Crippen MR) is 54.3 cm³/mol. The summed E-state index contributed by atoms with van der Waals surface area (Å²) in [5.74, 6) is -1.20. The highest BCUT2D eigenvalue weighted by Gasteiger charge is 2.45. The molecule has 0 radical (unpaired) electrons. The Balaban J connectivity index is 3.76. The van der Waals surface area contributed by atoms with Gasteiger partial charge in [-0.1, -0.05) is 6.92 Å². The second-order valence-electron chi connectivity index (χ2n) is 3.73. The molecule has 1 amide bonds. The molecule has 1 aromatic rings. The summed E-state index contributed by atoms with van der Waals surface area (Å²) in [6.07, 6.45) is -10.8. The van der Waals surface area contributed by atoms with Gasteiger partial charge in [0.25, 0.3) is 0 Å². The fourth-order valence-electron chi connectivity index (χ4n) is 1.81. The zero-order chi connectivity index (χ0) is 15.0. The number of rotatable bonds is 2. The van der Waals surface area contributed by atoms with Crippen molar-refractivity contribution >= 4 is 5.91 Å². The second-order valence-corrected chi connectivity index (χ2v) is 3.73. The van der Waals surface area contributed by atoms with Gasteiger partial charge in [-0.3, -0.25) is 4.79 Å². The zero-order valence-corrected chi connectivity index (χ0v) is 9.62. The molecule has 19 heavy (non-hydrogen) atoms. The van der Waals surface area contributed by atoms with Crippen molar-refractivity contribution in [2.45, 2.75) is 25.7 Å². The molecule has 0 aliphatic heterocycles. The molecule has 0 aliphatic carbocycles. The fraction of sp³-hybridized carbons (Fsp3) is 0.364. The number of carbonyl (C=O) groups excluding carboxylic acids is 1. The van der Waals surface area contributed by atoms with Crippen LogP contribution in [0.25, 0.3) is 0 Å². The van der Waals surface area contributed by atoms with Crippen LogP contribution in [-0.4, -0.2) is 5.91 Å². The summed E-state index contributed by atoms with van der Waals surface area (Å²) in [4.78, 5) is 11.0. The van der Waals surface area contributed by atoms with Crippen molar-refractivity contribution in [3.05, 3.63) is 34.4 Å². The van der Waals surface area contributed by atoms with E-state index in [0.29, 0.717) is 6.07 Å². The summed E-state index contributed by atoms with van der Waals surface area (Å²) >= 11 is 0. The summed E-state index contributed by atoms with van der Waals surface area (Å²) in [6.45, 7) is 1.22. The molecule has 106 valence electrons. The first-order chi connectivity index (χ1) is 8.50. The maximum absolute atomic E-state index is 12.8. The first kappa shape index (κ1) is 15.3. The summed E-state index contributed by atoms with van der Waals surface area (Å²) in [5.41, 5.74) is -0.0860. The summed E-state index contributed by atoms with van der Waals surface area (Å²) < 4.78 is 76.3. The Morgan fingerprint density at radius 1 is 1.11 bits per heavy atom. The zero-order valence-electron chi connectivity index (χ0n) is 9.62. The number of alkyl halides is 6. The van der Waals surface area contributed by atoms with Crippen LogP contribution in [0.15, 0.2) is 12.1 Å². The van der Waals surface area contributed by atoms with Gasteiger partial charge >= 0.3 is 12.4 Å². The van der Waals surface area contributed by atoms with Crippen molar-refractivity contribution in [1.29, 1.82) is 0 Å². The Hall–Kier alpha value is -1.73. The van der Waals surface area contributed by atoms with Gasteiger partial charge in [0.05, 0.1) is 11.1 Å². The van der Waals surface area contributed by atoms with E-state index in [2.05, 4.69) is 0 Å². The van der Waals surface area contributed by atoms with Gasteiger partial charge in [-0.2, -0.15) is 26.3 Å². The highest BCUT2D eigenvalue weighted by Crippen LogP contribution is 2.43. The maximum Gasteiger partial charge on any atom is 0.417 e. The Bertz CT molecular complexity index is 503. The normalized spacial score (nSPS) is 12.6. The summed E-state index contributed by atoms with van der Waals surface area (Å²) in [5, 5.41) is 0. The third-order valence-corrected chi connectivity index (χ3v) is 2.52. The minimum Gasteiger partial charge on any atom is -0.366 e. The third-order valence-electron chi connectivity index (χ3n) is 2.52. The first-order valence-corrected chi connectivity index (χ1v) is 5.10. The van der Waals surface area contributed by atoms with Gasteiger partial charge in [0.15, 0.2) is 0 Å². The molecule has 0 spiro atoms. The van der Waals surface area contributed by atoms with Crippen LogP contribution in [0.4, 0.5) is 26.3 Å². The largest absolute Gasteiger partial charge is 0.417 e. The van der Waals surface area contributed by atoms with Crippen LogP contribution in [-0.2, 0) is 18.8 Å². The molecule has 2 nitrogen and oxygen atoms in total. The van der Waals surface area contributed by atoms with Crippen LogP contribution in [0.5, 0.6) is 0 Å². The number of halogens is 6. The maximum atomic E-state index is 12.8. The SMILES string of the molecule is CCc1c(C(N)=O)ccc(C(F)(F)F)c1C(F)(F)F. The van der Waals surface area contributed by atoms with Crippen LogP contribution in [0.3, 0.4) is 0 Å². The average Bonchev–Trinajstić information content (AvgIpc) is 2.24. The number of hydrogen-bond donors (Lipinski definition) is 1. The van der Waals surface area contributed by atoms with Crippen molar-refractivity contribution in [3.8, 4) is 0 Å². The monoisotopic (exact) mass is 285 g/mol. The van der Waals surface area contributed by atoms with Gasteiger partial charge in [-0.15, -0.1) is 0 Å². The van der Waals surface area contributed by atoms with Crippen LogP contribution < -0.4 is 5.73 Å². The van der Waals surface area contributed by atoms with Gasteiger partial charge in [0.1, 0.15) is 0 Å². The van der Waals surface area contributed by atoms with Crippen molar-refractivity contribution in [2.24, 2.45) is 5.73 Å². The van der Waals surface area contributed by atoms with Crippen LogP contribution in [0, 0.1) is 0 Å². The molecule has 0 fully saturated rings. The molecule has 0 aliphatic rings. The average molecular weight is 285 g/mol. The second kappa shape index (κ2) is 4.75. The molecule has 0 saturated carbocycles. The molecular weight excluding hydrogens is 276 g/mol. The van der Waals surface area contributed by atoms with E-state index >= 15 is 0 Å². The van der Waals surface area contributed by atoms with E-state index in [4.69, 9.17) is 5.73 Å². The van der Waals surface area contributed by atoms with E-state index < -0.39 is 46.9 Å². The highest BCUT2D eigenvalue weighted by molar-refractivity contribution is 5.95. The number of benzene rings is 1. The molecule has 0 saturated heterocycles. The lowest BCUT2D eigenvalue weighted by Gasteiger charge is -2.20. The Labute approximate surface area is 104 Å². The van der Waals surface area contributed by atoms with E-state index in [-0.39, 0.29) is 6.07 Å². The lowest BCUT2D eigenvalue weighted by molar-refractivity contribution is -0.162. The van der Waals surface area contributed by atoms with E-state index in [1.165, 1.54) is 6.92 Å². The lowest BCUT2D eigenvalue weighted by atomic mass is 9.93. The van der Waals surface area contributed by atoms with Crippen LogP contribution in [0.1, 0.15) is 34.0 Å². The topological polar surface area (TPSA) is 43.1 Å². The third kappa shape index (κ3) is 2.99. The number of amides is 1. The summed E-state index contributed by atoms with van der Waals surface area (Å²) in [7, 11) is 0. The van der Waals surface area contributed by atoms with E-state index in [0.717, 1.165) is 0 Å². The molecular formula is C11H9F6NO. The van der Waals surface area contributed by atoms with E-state index in [1.54, 1.807) is 0 Å². The molecule has 0 heterocycles. The van der Waals surface area contributed by atoms with Gasteiger partial charge in [0, 0.05) is 5.56 Å². The quantitative estimate of drug-likeness (QED) is 0.832. The number of carbonyl (C=O) groups is 1. The molecule has 0 atom stereocenters. The van der Waals surface area contributed by atoms with Crippen LogP contribution in [0.2, 0.25) is 0 Å². The molecule has 2 N–H and O–H groups in total. The predicted octanol–water partition coefficient (Wildman–Crippen LogP) is 3.39. The molecule has 0 bridgehead atoms. The fourth-order valence-corrected chi connectivity index (χ4v) is 1.81. The van der Waals surface area contributed by atoms with Crippen LogP contribution >= 0.6 is 0 Å². The van der Waals surface area contributed by atoms with Crippen molar-refractivity contribution in [2.75, 3.05) is 0 Å². The lowest BCUT2D eigenvalue weighted by Crippen LogP contribution is -2.23. The molecule has 0 aromatic heterocycles. The smallest absolute Gasteiger partial charge is 0.366 e. The highest BCUT2D eigenvalue weighted by atomic mass is 19.4. The molecule has 1 rings (SSSR count). The van der Waals surface area contributed by atoms with E-state index in [9.17, 15) is 31.1 Å². The molecule has 8 heteroatoms. The minimum absolute atomic E-state index is 0.224. The van der Waals surface area contributed by atoms with Crippen molar-refractivity contribution in [3.63, 3.8) is 0 Å². The van der Waals surface area contributed by atoms with Gasteiger partial charge in [-0.05, 0) is 24.1 Å². The number of hydrogen-bond acceptors (Lipinski definition) is 1. The first-order valence-electron chi connectivity index (χ1n) is 5.10. The summed E-state index contributed by atoms with van der Waals surface area (Å²) in [6, 6.07) is 0.890. The van der Waals surface area contributed by atoms with Gasteiger partial charge < -0.3 is 5.73 Å². The number of primary amides is 1. The minimum atomic E-state index is -5.22. The van der Waals surface area contributed by atoms with E-state index in [1.807, 2.05) is 0 Å². The van der Waals surface area contributed by atoms with Gasteiger partial charge in [-0.25, -0.2) is 0 Å². The molecule has 0 unspecified atom stereocenters. The Morgan fingerprint density at radius 2 is 1.63 bits per heavy atom. The molecule has 1 aromatic carbocycles. The van der Waals surface area contributed by atoms with Crippen molar-refractivity contribution < 1.29 is 31.1 Å².